The Hall–Kier alpha value is -1.84. The number of halogens is 3. The van der Waals surface area contributed by atoms with Gasteiger partial charge in [0.1, 0.15) is 12.6 Å². The standard InChI is InChI=1S/C13H19F3N2O5/c1-17-11(20)8-2-3-9(12(21)22)18(6-8)10(19)4-5-23-7-13(14,15)16/h8-9H,2-7H2,1H3,(H,17,20)(H,21,22)/t8-,9-/m0/s1. The number of ether oxygens (including phenoxy) is 1. The van der Waals surface area contributed by atoms with E-state index in [0.29, 0.717) is 6.42 Å². The molecule has 0 radical (unpaired) electrons. The second-order valence-electron chi connectivity index (χ2n) is 5.21. The fourth-order valence-corrected chi connectivity index (χ4v) is 2.41. The van der Waals surface area contributed by atoms with E-state index in [1.807, 2.05) is 0 Å². The summed E-state index contributed by atoms with van der Waals surface area (Å²) >= 11 is 0. The molecule has 132 valence electrons. The van der Waals surface area contributed by atoms with E-state index >= 15 is 0 Å². The SMILES string of the molecule is CNC(=O)[C@H]1CC[C@@H](C(=O)O)N(C(=O)CCOCC(F)(F)F)C1. The highest BCUT2D eigenvalue weighted by atomic mass is 19.4. The molecule has 7 nitrogen and oxygen atoms in total. The van der Waals surface area contributed by atoms with E-state index in [1.54, 1.807) is 0 Å². The Balaban J connectivity index is 2.60. The highest BCUT2D eigenvalue weighted by Crippen LogP contribution is 2.23. The zero-order valence-electron chi connectivity index (χ0n) is 12.6. The molecule has 0 unspecified atom stereocenters. The molecule has 0 aliphatic carbocycles. The van der Waals surface area contributed by atoms with Crippen LogP contribution in [0.15, 0.2) is 0 Å². The lowest BCUT2D eigenvalue weighted by Gasteiger charge is -2.36. The molecule has 1 fully saturated rings. The van der Waals surface area contributed by atoms with Crippen molar-refractivity contribution in [1.29, 1.82) is 0 Å². The first-order valence-corrected chi connectivity index (χ1v) is 7.04. The van der Waals surface area contributed by atoms with Gasteiger partial charge in [-0.05, 0) is 12.8 Å². The first kappa shape index (κ1) is 19.2. The van der Waals surface area contributed by atoms with Crippen molar-refractivity contribution in [3.63, 3.8) is 0 Å². The van der Waals surface area contributed by atoms with Crippen molar-refractivity contribution < 1.29 is 37.4 Å². The first-order chi connectivity index (χ1) is 10.7. The van der Waals surface area contributed by atoms with E-state index in [0.717, 1.165) is 4.90 Å². The number of likely N-dealkylation sites (tertiary alicyclic amines) is 1. The van der Waals surface area contributed by atoms with Gasteiger partial charge in [-0.2, -0.15) is 13.2 Å². The number of piperidine rings is 1. The van der Waals surface area contributed by atoms with Crippen molar-refractivity contribution in [3.8, 4) is 0 Å². The molecule has 1 aliphatic heterocycles. The van der Waals surface area contributed by atoms with Crippen molar-refractivity contribution in [2.24, 2.45) is 5.92 Å². The van der Waals surface area contributed by atoms with Crippen LogP contribution < -0.4 is 5.32 Å². The number of aliphatic carboxylic acids is 1. The number of alkyl halides is 3. The van der Waals surface area contributed by atoms with Gasteiger partial charge in [-0.3, -0.25) is 9.59 Å². The van der Waals surface area contributed by atoms with Gasteiger partial charge in [0.05, 0.1) is 18.9 Å². The lowest BCUT2D eigenvalue weighted by atomic mass is 9.91. The average Bonchev–Trinajstić information content (AvgIpc) is 2.48. The van der Waals surface area contributed by atoms with Crippen LogP contribution >= 0.6 is 0 Å². The van der Waals surface area contributed by atoms with Crippen molar-refractivity contribution in [2.75, 3.05) is 26.8 Å². The van der Waals surface area contributed by atoms with Gasteiger partial charge in [0, 0.05) is 13.6 Å². The molecule has 0 aromatic rings. The molecule has 0 bridgehead atoms. The van der Waals surface area contributed by atoms with Crippen LogP contribution in [-0.2, 0) is 19.1 Å². The Morgan fingerprint density at radius 1 is 1.30 bits per heavy atom. The summed E-state index contributed by atoms with van der Waals surface area (Å²) in [4.78, 5) is 35.9. The summed E-state index contributed by atoms with van der Waals surface area (Å²) in [7, 11) is 1.43. The quantitative estimate of drug-likeness (QED) is 0.682. The average molecular weight is 340 g/mol. The van der Waals surface area contributed by atoms with Gasteiger partial charge >= 0.3 is 12.1 Å². The summed E-state index contributed by atoms with van der Waals surface area (Å²) in [6.45, 7) is -2.01. The van der Waals surface area contributed by atoms with E-state index in [1.165, 1.54) is 7.05 Å². The Morgan fingerprint density at radius 3 is 2.48 bits per heavy atom. The molecule has 23 heavy (non-hydrogen) atoms. The predicted octanol–water partition coefficient (Wildman–Crippen LogP) is 0.393. The number of carbonyl (C=O) groups excluding carboxylic acids is 2. The number of carbonyl (C=O) groups is 3. The number of carboxylic acids is 1. The van der Waals surface area contributed by atoms with Crippen LogP contribution in [0.3, 0.4) is 0 Å². The minimum absolute atomic E-state index is 0.0747. The third-order valence-electron chi connectivity index (χ3n) is 3.53. The van der Waals surface area contributed by atoms with Gasteiger partial charge in [0.15, 0.2) is 0 Å². The maximum atomic E-state index is 12.1. The van der Waals surface area contributed by atoms with E-state index in [4.69, 9.17) is 5.11 Å². The topological polar surface area (TPSA) is 95.9 Å². The van der Waals surface area contributed by atoms with Crippen LogP contribution in [0.2, 0.25) is 0 Å². The number of hydrogen-bond acceptors (Lipinski definition) is 4. The minimum atomic E-state index is -4.48. The molecule has 2 amide bonds. The molecular formula is C13H19F3N2O5. The maximum absolute atomic E-state index is 12.1. The molecule has 1 heterocycles. The number of hydrogen-bond donors (Lipinski definition) is 2. The number of nitrogens with zero attached hydrogens (tertiary/aromatic N) is 1. The van der Waals surface area contributed by atoms with Crippen molar-refractivity contribution in [1.82, 2.24) is 10.2 Å². The van der Waals surface area contributed by atoms with Gasteiger partial charge in [0.25, 0.3) is 0 Å². The summed E-state index contributed by atoms with van der Waals surface area (Å²) in [5, 5.41) is 11.6. The van der Waals surface area contributed by atoms with E-state index in [2.05, 4.69) is 10.1 Å². The summed E-state index contributed by atoms with van der Waals surface area (Å²) in [6, 6.07) is -1.08. The van der Waals surface area contributed by atoms with Crippen LogP contribution in [0.4, 0.5) is 13.2 Å². The number of carboxylic acid groups (broad SMARTS) is 1. The van der Waals surface area contributed by atoms with Crippen molar-refractivity contribution in [2.45, 2.75) is 31.5 Å². The van der Waals surface area contributed by atoms with Gasteiger partial charge in [-0.15, -0.1) is 0 Å². The summed E-state index contributed by atoms with van der Waals surface area (Å²) < 4.78 is 40.2. The molecule has 1 aliphatic rings. The third-order valence-corrected chi connectivity index (χ3v) is 3.53. The highest BCUT2D eigenvalue weighted by molar-refractivity contribution is 5.86. The van der Waals surface area contributed by atoms with Crippen LogP contribution in [0.5, 0.6) is 0 Å². The number of nitrogens with one attached hydrogen (secondary N) is 1. The second-order valence-corrected chi connectivity index (χ2v) is 5.21. The normalized spacial score (nSPS) is 21.8. The van der Waals surface area contributed by atoms with Crippen LogP contribution in [0.25, 0.3) is 0 Å². The van der Waals surface area contributed by atoms with Gasteiger partial charge < -0.3 is 20.1 Å². The van der Waals surface area contributed by atoms with Crippen LogP contribution in [0, 0.1) is 5.92 Å². The monoisotopic (exact) mass is 340 g/mol. The summed E-state index contributed by atoms with van der Waals surface area (Å²) in [5.74, 6) is -2.69. The Labute approximate surface area is 130 Å². The second kappa shape index (κ2) is 8.14. The molecule has 0 aromatic carbocycles. The lowest BCUT2D eigenvalue weighted by molar-refractivity contribution is -0.175. The van der Waals surface area contributed by atoms with E-state index in [9.17, 15) is 27.6 Å². The smallest absolute Gasteiger partial charge is 0.411 e. The van der Waals surface area contributed by atoms with Gasteiger partial charge in [-0.1, -0.05) is 0 Å². The molecule has 2 N–H and O–H groups in total. The fourth-order valence-electron chi connectivity index (χ4n) is 2.41. The van der Waals surface area contributed by atoms with Crippen LogP contribution in [-0.4, -0.2) is 66.8 Å². The van der Waals surface area contributed by atoms with E-state index in [-0.39, 0.29) is 25.3 Å². The fraction of sp³-hybridized carbons (Fsp3) is 0.769. The maximum Gasteiger partial charge on any atom is 0.411 e. The van der Waals surface area contributed by atoms with Crippen molar-refractivity contribution in [3.05, 3.63) is 0 Å². The molecule has 1 rings (SSSR count). The molecule has 0 aromatic heterocycles. The Bertz CT molecular complexity index is 455. The van der Waals surface area contributed by atoms with Gasteiger partial charge in [-0.25, -0.2) is 4.79 Å². The number of rotatable bonds is 6. The first-order valence-electron chi connectivity index (χ1n) is 7.04. The lowest BCUT2D eigenvalue weighted by Crippen LogP contribution is -2.53. The summed E-state index contributed by atoms with van der Waals surface area (Å²) in [6.07, 6.45) is -4.42. The number of amides is 2. The zero-order chi connectivity index (χ0) is 17.6. The molecular weight excluding hydrogens is 321 g/mol. The highest BCUT2D eigenvalue weighted by Gasteiger charge is 2.38. The molecule has 2 atom stereocenters. The largest absolute Gasteiger partial charge is 0.480 e. The van der Waals surface area contributed by atoms with E-state index < -0.39 is 43.2 Å². The minimum Gasteiger partial charge on any atom is -0.480 e. The molecule has 10 heteroatoms. The van der Waals surface area contributed by atoms with Crippen LogP contribution in [0.1, 0.15) is 19.3 Å². The van der Waals surface area contributed by atoms with Crippen molar-refractivity contribution >= 4 is 17.8 Å². The zero-order valence-corrected chi connectivity index (χ0v) is 12.6. The molecule has 0 saturated carbocycles. The summed E-state index contributed by atoms with van der Waals surface area (Å²) in [5.41, 5.74) is 0. The Morgan fingerprint density at radius 2 is 1.96 bits per heavy atom. The molecule has 0 spiro atoms. The predicted molar refractivity (Wildman–Crippen MR) is 71.4 cm³/mol. The third kappa shape index (κ3) is 6.05. The molecule has 1 saturated heterocycles. The Kier molecular flexibility index (Phi) is 6.79. The van der Waals surface area contributed by atoms with Gasteiger partial charge in [0.2, 0.25) is 11.8 Å².